The summed E-state index contributed by atoms with van der Waals surface area (Å²) < 4.78 is 5.91. The van der Waals surface area contributed by atoms with Gasteiger partial charge in [0, 0.05) is 17.0 Å². The maximum absolute atomic E-state index is 10.8. The van der Waals surface area contributed by atoms with E-state index >= 15 is 0 Å². The number of halogens is 1. The summed E-state index contributed by atoms with van der Waals surface area (Å²) >= 11 is 3.16. The number of nitro benzene ring substituents is 1. The molecular weight excluding hydrogens is 290 g/mol. The monoisotopic (exact) mass is 301 g/mol. The topological polar surface area (TPSA) is 69.4 Å². The van der Waals surface area contributed by atoms with Crippen LogP contribution in [0.1, 0.15) is 19.8 Å². The van der Waals surface area contributed by atoms with Crippen LogP contribution in [-0.2, 0) is 4.79 Å². The third kappa shape index (κ3) is 4.52. The first-order valence-corrected chi connectivity index (χ1v) is 5.86. The van der Waals surface area contributed by atoms with Crippen molar-refractivity contribution in [2.24, 2.45) is 0 Å². The zero-order valence-corrected chi connectivity index (χ0v) is 10.9. The van der Waals surface area contributed by atoms with Crippen LogP contribution in [0.4, 0.5) is 5.69 Å². The molecule has 0 spiro atoms. The lowest BCUT2D eigenvalue weighted by Gasteiger charge is -2.06. The van der Waals surface area contributed by atoms with Crippen LogP contribution in [0.15, 0.2) is 22.7 Å². The molecule has 0 atom stereocenters. The molecule has 0 radical (unpaired) electrons. The highest BCUT2D eigenvalue weighted by atomic mass is 79.9. The molecule has 0 heterocycles. The first-order valence-electron chi connectivity index (χ1n) is 5.07. The van der Waals surface area contributed by atoms with E-state index in [4.69, 9.17) is 4.74 Å². The number of carbonyl (C=O) groups excluding carboxylic acids is 1. The molecule has 0 saturated carbocycles. The van der Waals surface area contributed by atoms with Crippen LogP contribution in [0.5, 0.6) is 5.75 Å². The Morgan fingerprint density at radius 1 is 1.53 bits per heavy atom. The number of ether oxygens (including phenoxy) is 1. The van der Waals surface area contributed by atoms with Gasteiger partial charge in [-0.2, -0.15) is 0 Å². The fourth-order valence-electron chi connectivity index (χ4n) is 1.26. The van der Waals surface area contributed by atoms with Gasteiger partial charge < -0.3 is 9.53 Å². The number of nitrogens with zero attached hydrogens (tertiary/aromatic N) is 1. The Hall–Kier alpha value is -1.43. The summed E-state index contributed by atoms with van der Waals surface area (Å²) in [5.41, 5.74) is -0.0813. The van der Waals surface area contributed by atoms with Crippen molar-refractivity contribution in [1.29, 1.82) is 0 Å². The van der Waals surface area contributed by atoms with Crippen LogP contribution in [0, 0.1) is 10.1 Å². The standard InChI is InChI=1S/C11H12BrNO4/c1-8(14)3-2-6-17-11-5-4-9(12)7-10(11)13(15)16/h4-5,7H,2-3,6H2,1H3. The quantitative estimate of drug-likeness (QED) is 0.460. The minimum Gasteiger partial charge on any atom is -0.487 e. The van der Waals surface area contributed by atoms with Crippen LogP contribution < -0.4 is 4.74 Å². The number of ketones is 1. The molecule has 17 heavy (non-hydrogen) atoms. The van der Waals surface area contributed by atoms with Gasteiger partial charge in [0.15, 0.2) is 5.75 Å². The number of nitro groups is 1. The molecule has 0 aliphatic rings. The van der Waals surface area contributed by atoms with Crippen LogP contribution in [0.2, 0.25) is 0 Å². The molecule has 0 aromatic heterocycles. The highest BCUT2D eigenvalue weighted by molar-refractivity contribution is 9.10. The predicted octanol–water partition coefficient (Wildman–Crippen LogP) is 3.11. The summed E-state index contributed by atoms with van der Waals surface area (Å²) in [5.74, 6) is 0.306. The van der Waals surface area contributed by atoms with E-state index in [1.54, 1.807) is 6.07 Å². The molecule has 1 aromatic rings. The van der Waals surface area contributed by atoms with E-state index < -0.39 is 4.92 Å². The molecule has 6 heteroatoms. The zero-order valence-electron chi connectivity index (χ0n) is 9.31. The number of hydrogen-bond acceptors (Lipinski definition) is 4. The summed E-state index contributed by atoms with van der Waals surface area (Å²) in [6, 6.07) is 4.60. The molecule has 0 aliphatic carbocycles. The summed E-state index contributed by atoms with van der Waals surface area (Å²) in [6.45, 7) is 1.80. The predicted molar refractivity (Wildman–Crippen MR) is 66.2 cm³/mol. The van der Waals surface area contributed by atoms with E-state index in [9.17, 15) is 14.9 Å². The molecular formula is C11H12BrNO4. The number of benzene rings is 1. The largest absolute Gasteiger partial charge is 0.487 e. The van der Waals surface area contributed by atoms with Gasteiger partial charge in [-0.05, 0) is 25.5 Å². The van der Waals surface area contributed by atoms with Crippen molar-refractivity contribution in [3.8, 4) is 5.75 Å². The van der Waals surface area contributed by atoms with E-state index in [0.29, 0.717) is 23.9 Å². The molecule has 1 rings (SSSR count). The Morgan fingerprint density at radius 2 is 2.24 bits per heavy atom. The third-order valence-electron chi connectivity index (χ3n) is 2.05. The van der Waals surface area contributed by atoms with Crippen LogP contribution in [-0.4, -0.2) is 17.3 Å². The van der Waals surface area contributed by atoms with Gasteiger partial charge in [0.2, 0.25) is 0 Å². The van der Waals surface area contributed by atoms with Crippen molar-refractivity contribution in [2.45, 2.75) is 19.8 Å². The van der Waals surface area contributed by atoms with E-state index in [2.05, 4.69) is 15.9 Å². The van der Waals surface area contributed by atoms with E-state index in [0.717, 1.165) is 0 Å². The smallest absolute Gasteiger partial charge is 0.312 e. The van der Waals surface area contributed by atoms with Gasteiger partial charge in [-0.15, -0.1) is 0 Å². The fourth-order valence-corrected chi connectivity index (χ4v) is 1.61. The first-order chi connectivity index (χ1) is 8.00. The van der Waals surface area contributed by atoms with Crippen molar-refractivity contribution in [1.82, 2.24) is 0 Å². The Bertz CT molecular complexity index is 433. The molecule has 1 aromatic carbocycles. The van der Waals surface area contributed by atoms with Gasteiger partial charge in [-0.25, -0.2) is 0 Å². The number of Topliss-reactive ketones (excluding diaryl/α,β-unsaturated/α-hetero) is 1. The van der Waals surface area contributed by atoms with Crippen LogP contribution in [0.25, 0.3) is 0 Å². The SMILES string of the molecule is CC(=O)CCCOc1ccc(Br)cc1[N+](=O)[O-]. The minimum absolute atomic E-state index is 0.0813. The lowest BCUT2D eigenvalue weighted by Crippen LogP contribution is -2.02. The highest BCUT2D eigenvalue weighted by Gasteiger charge is 2.15. The minimum atomic E-state index is -0.495. The molecule has 0 amide bonds. The molecule has 0 saturated heterocycles. The molecule has 0 unspecified atom stereocenters. The summed E-state index contributed by atoms with van der Waals surface area (Å²) in [5, 5.41) is 10.8. The summed E-state index contributed by atoms with van der Waals surface area (Å²) in [6.07, 6.45) is 0.979. The Balaban J connectivity index is 2.64. The Kier molecular flexibility index (Phi) is 5.09. The molecule has 0 bridgehead atoms. The third-order valence-corrected chi connectivity index (χ3v) is 2.54. The molecule has 92 valence electrons. The van der Waals surface area contributed by atoms with Crippen molar-refractivity contribution < 1.29 is 14.5 Å². The van der Waals surface area contributed by atoms with Crippen LogP contribution in [0.3, 0.4) is 0 Å². The molecule has 0 fully saturated rings. The van der Waals surface area contributed by atoms with Crippen molar-refractivity contribution in [2.75, 3.05) is 6.61 Å². The lowest BCUT2D eigenvalue weighted by molar-refractivity contribution is -0.385. The van der Waals surface area contributed by atoms with Gasteiger partial charge in [0.05, 0.1) is 11.5 Å². The molecule has 5 nitrogen and oxygen atoms in total. The first kappa shape index (κ1) is 13.6. The second kappa shape index (κ2) is 6.34. The number of rotatable bonds is 6. The van der Waals surface area contributed by atoms with Crippen LogP contribution >= 0.6 is 15.9 Å². The average molecular weight is 302 g/mol. The van der Waals surface area contributed by atoms with Crippen molar-refractivity contribution in [3.05, 3.63) is 32.8 Å². The maximum Gasteiger partial charge on any atom is 0.312 e. The summed E-state index contributed by atoms with van der Waals surface area (Å²) in [4.78, 5) is 21.0. The normalized spacial score (nSPS) is 10.0. The number of hydrogen-bond donors (Lipinski definition) is 0. The second-order valence-corrected chi connectivity index (χ2v) is 4.44. The summed E-state index contributed by atoms with van der Waals surface area (Å²) in [7, 11) is 0. The molecule has 0 aliphatic heterocycles. The van der Waals surface area contributed by atoms with E-state index in [-0.39, 0.29) is 17.2 Å². The van der Waals surface area contributed by atoms with E-state index in [1.165, 1.54) is 19.1 Å². The Labute approximate surface area is 107 Å². The van der Waals surface area contributed by atoms with Gasteiger partial charge in [0.25, 0.3) is 0 Å². The van der Waals surface area contributed by atoms with E-state index in [1.807, 2.05) is 0 Å². The maximum atomic E-state index is 10.8. The second-order valence-electron chi connectivity index (χ2n) is 3.52. The van der Waals surface area contributed by atoms with Gasteiger partial charge >= 0.3 is 5.69 Å². The highest BCUT2D eigenvalue weighted by Crippen LogP contribution is 2.30. The van der Waals surface area contributed by atoms with Gasteiger partial charge in [-0.3, -0.25) is 10.1 Å². The average Bonchev–Trinajstić information content (AvgIpc) is 2.25. The fraction of sp³-hybridized carbons (Fsp3) is 0.364. The van der Waals surface area contributed by atoms with Crippen molar-refractivity contribution >= 4 is 27.4 Å². The lowest BCUT2D eigenvalue weighted by atomic mass is 10.2. The molecule has 0 N–H and O–H groups in total. The van der Waals surface area contributed by atoms with Gasteiger partial charge in [0.1, 0.15) is 5.78 Å². The Morgan fingerprint density at radius 3 is 2.82 bits per heavy atom. The van der Waals surface area contributed by atoms with Gasteiger partial charge in [-0.1, -0.05) is 15.9 Å². The van der Waals surface area contributed by atoms with Crippen molar-refractivity contribution in [3.63, 3.8) is 0 Å². The number of carbonyl (C=O) groups is 1. The zero-order chi connectivity index (χ0) is 12.8.